The monoisotopic (exact) mass is 199 g/mol. The molecule has 0 aromatic carbocycles. The first-order valence-corrected chi connectivity index (χ1v) is 4.52. The van der Waals surface area contributed by atoms with Crippen molar-refractivity contribution in [1.82, 2.24) is 15.6 Å². The summed E-state index contributed by atoms with van der Waals surface area (Å²) in [5.74, 6) is -1.23. The molecule has 1 atom stereocenters. The summed E-state index contributed by atoms with van der Waals surface area (Å²) < 4.78 is 25.8. The molecule has 1 aliphatic heterocycles. The highest BCUT2D eigenvalue weighted by Crippen LogP contribution is 2.15. The van der Waals surface area contributed by atoms with Crippen molar-refractivity contribution in [3.63, 3.8) is 0 Å². The summed E-state index contributed by atoms with van der Waals surface area (Å²) in [6, 6.07) is 0.697. The lowest BCUT2D eigenvalue weighted by atomic mass is 10.1. The van der Waals surface area contributed by atoms with Crippen molar-refractivity contribution in [3.8, 4) is 0 Å². The largest absolute Gasteiger partial charge is 0.314 e. The van der Waals surface area contributed by atoms with Crippen molar-refractivity contribution in [1.29, 1.82) is 0 Å². The van der Waals surface area contributed by atoms with E-state index in [1.807, 2.05) is 0 Å². The second-order valence-electron chi connectivity index (χ2n) is 3.23. The van der Waals surface area contributed by atoms with Gasteiger partial charge in [0.2, 0.25) is 0 Å². The van der Waals surface area contributed by atoms with E-state index < -0.39 is 11.6 Å². The Morgan fingerprint density at radius 2 is 2.21 bits per heavy atom. The summed E-state index contributed by atoms with van der Waals surface area (Å²) in [6.45, 7) is 2.25. The Morgan fingerprint density at radius 3 is 2.86 bits per heavy atom. The minimum atomic E-state index is -0.644. The van der Waals surface area contributed by atoms with Gasteiger partial charge in [0.25, 0.3) is 0 Å². The first-order chi connectivity index (χ1) is 6.77. The maximum atomic E-state index is 13.3. The number of nitrogens with zero attached hydrogens (tertiary/aromatic N) is 1. The number of nitrogens with one attached hydrogen (secondary N) is 2. The minimum absolute atomic E-state index is 0.163. The summed E-state index contributed by atoms with van der Waals surface area (Å²) >= 11 is 0. The van der Waals surface area contributed by atoms with Crippen molar-refractivity contribution in [2.24, 2.45) is 0 Å². The van der Waals surface area contributed by atoms with E-state index in [9.17, 15) is 8.78 Å². The average molecular weight is 199 g/mol. The number of rotatable bonds is 1. The van der Waals surface area contributed by atoms with E-state index in [1.54, 1.807) is 0 Å². The molecule has 1 aromatic rings. The number of aromatic nitrogens is 1. The third-order valence-corrected chi connectivity index (χ3v) is 2.21. The van der Waals surface area contributed by atoms with Crippen molar-refractivity contribution in [2.45, 2.75) is 6.04 Å². The van der Waals surface area contributed by atoms with Gasteiger partial charge in [-0.1, -0.05) is 0 Å². The second kappa shape index (κ2) is 3.98. The molecule has 0 saturated carbocycles. The molecule has 76 valence electrons. The van der Waals surface area contributed by atoms with Crippen LogP contribution < -0.4 is 10.6 Å². The van der Waals surface area contributed by atoms with Crippen LogP contribution in [0.5, 0.6) is 0 Å². The van der Waals surface area contributed by atoms with Crippen molar-refractivity contribution in [3.05, 3.63) is 29.6 Å². The molecule has 2 heterocycles. The molecule has 1 aliphatic rings. The van der Waals surface area contributed by atoms with Crippen LogP contribution >= 0.6 is 0 Å². The molecular formula is C9H11F2N3. The molecule has 14 heavy (non-hydrogen) atoms. The summed E-state index contributed by atoms with van der Waals surface area (Å²) in [7, 11) is 0. The van der Waals surface area contributed by atoms with E-state index >= 15 is 0 Å². The first-order valence-electron chi connectivity index (χ1n) is 4.52. The van der Waals surface area contributed by atoms with Gasteiger partial charge in [0.05, 0.1) is 17.9 Å². The van der Waals surface area contributed by atoms with Gasteiger partial charge >= 0.3 is 0 Å². The van der Waals surface area contributed by atoms with Gasteiger partial charge in [0.1, 0.15) is 11.6 Å². The van der Waals surface area contributed by atoms with Gasteiger partial charge < -0.3 is 10.6 Å². The molecule has 0 bridgehead atoms. The Kier molecular flexibility index (Phi) is 2.69. The van der Waals surface area contributed by atoms with Crippen molar-refractivity contribution in [2.75, 3.05) is 19.6 Å². The Morgan fingerprint density at radius 1 is 1.36 bits per heavy atom. The predicted octanol–water partition coefficient (Wildman–Crippen LogP) is 0.594. The van der Waals surface area contributed by atoms with Crippen molar-refractivity contribution < 1.29 is 8.78 Å². The summed E-state index contributed by atoms with van der Waals surface area (Å²) in [5, 5.41) is 6.22. The zero-order valence-corrected chi connectivity index (χ0v) is 7.56. The molecule has 0 amide bonds. The van der Waals surface area contributed by atoms with Crippen LogP contribution in [0, 0.1) is 11.6 Å². The van der Waals surface area contributed by atoms with E-state index in [0.29, 0.717) is 6.54 Å². The topological polar surface area (TPSA) is 37.0 Å². The van der Waals surface area contributed by atoms with Crippen LogP contribution in [0.1, 0.15) is 11.7 Å². The molecule has 3 nitrogen and oxygen atoms in total. The molecule has 0 radical (unpaired) electrons. The predicted molar refractivity (Wildman–Crippen MR) is 47.8 cm³/mol. The van der Waals surface area contributed by atoms with E-state index in [0.717, 1.165) is 25.4 Å². The van der Waals surface area contributed by atoms with Gasteiger partial charge in [-0.15, -0.1) is 0 Å². The molecule has 2 rings (SSSR count). The van der Waals surface area contributed by atoms with Crippen LogP contribution in [0.15, 0.2) is 12.3 Å². The lowest BCUT2D eigenvalue weighted by Gasteiger charge is -2.24. The molecule has 0 unspecified atom stereocenters. The van der Waals surface area contributed by atoms with E-state index in [2.05, 4.69) is 15.6 Å². The molecule has 0 aliphatic carbocycles. The molecule has 0 spiro atoms. The maximum Gasteiger partial charge on any atom is 0.149 e. The zero-order valence-electron chi connectivity index (χ0n) is 7.56. The quantitative estimate of drug-likeness (QED) is 0.695. The zero-order chi connectivity index (χ0) is 9.97. The van der Waals surface area contributed by atoms with Crippen LogP contribution in [0.3, 0.4) is 0 Å². The highest BCUT2D eigenvalue weighted by Gasteiger charge is 2.19. The Bertz CT molecular complexity index is 324. The van der Waals surface area contributed by atoms with Crippen molar-refractivity contribution >= 4 is 0 Å². The van der Waals surface area contributed by atoms with Gasteiger partial charge in [-0.3, -0.25) is 4.98 Å². The van der Waals surface area contributed by atoms with Gasteiger partial charge in [-0.2, -0.15) is 0 Å². The molecule has 1 saturated heterocycles. The van der Waals surface area contributed by atoms with Crippen LogP contribution in [0.2, 0.25) is 0 Å². The number of hydrogen-bond donors (Lipinski definition) is 2. The summed E-state index contributed by atoms with van der Waals surface area (Å²) in [6.07, 6.45) is 1.04. The SMILES string of the molecule is Fc1cnc([C@H]2CNCCN2)c(F)c1. The standard InChI is InChI=1S/C9H11F2N3/c10-6-3-7(11)9(14-4-6)8-5-12-1-2-13-8/h3-4,8,12-13H,1-2,5H2/t8-/m1/s1. The normalized spacial score (nSPS) is 22.3. The number of halogens is 2. The maximum absolute atomic E-state index is 13.3. The molecular weight excluding hydrogens is 188 g/mol. The highest BCUT2D eigenvalue weighted by molar-refractivity contribution is 5.13. The Hall–Kier alpha value is -1.07. The van der Waals surface area contributed by atoms with Gasteiger partial charge in [-0.05, 0) is 0 Å². The molecule has 1 fully saturated rings. The Labute approximate surface area is 80.5 Å². The fourth-order valence-corrected chi connectivity index (χ4v) is 1.53. The fraction of sp³-hybridized carbons (Fsp3) is 0.444. The number of pyridine rings is 1. The molecule has 5 heteroatoms. The van der Waals surface area contributed by atoms with E-state index in [4.69, 9.17) is 0 Å². The molecule has 1 aromatic heterocycles. The van der Waals surface area contributed by atoms with Gasteiger partial charge in [0.15, 0.2) is 0 Å². The number of piperazine rings is 1. The van der Waals surface area contributed by atoms with Crippen LogP contribution in [-0.4, -0.2) is 24.6 Å². The van der Waals surface area contributed by atoms with Crippen LogP contribution in [0.4, 0.5) is 8.78 Å². The third kappa shape index (κ3) is 1.88. The van der Waals surface area contributed by atoms with E-state index in [1.165, 1.54) is 0 Å². The second-order valence-corrected chi connectivity index (χ2v) is 3.23. The minimum Gasteiger partial charge on any atom is -0.314 e. The van der Waals surface area contributed by atoms with Gasteiger partial charge in [0, 0.05) is 25.7 Å². The number of hydrogen-bond acceptors (Lipinski definition) is 3. The summed E-state index contributed by atoms with van der Waals surface area (Å²) in [4.78, 5) is 3.75. The smallest absolute Gasteiger partial charge is 0.149 e. The lowest BCUT2D eigenvalue weighted by Crippen LogP contribution is -2.43. The first kappa shape index (κ1) is 9.48. The molecule has 2 N–H and O–H groups in total. The Balaban J connectivity index is 2.22. The van der Waals surface area contributed by atoms with Crippen LogP contribution in [0.25, 0.3) is 0 Å². The van der Waals surface area contributed by atoms with Crippen LogP contribution in [-0.2, 0) is 0 Å². The van der Waals surface area contributed by atoms with Gasteiger partial charge in [-0.25, -0.2) is 8.78 Å². The highest BCUT2D eigenvalue weighted by atomic mass is 19.1. The fourth-order valence-electron chi connectivity index (χ4n) is 1.53. The summed E-state index contributed by atoms with van der Waals surface area (Å²) in [5.41, 5.74) is 0.276. The average Bonchev–Trinajstić information content (AvgIpc) is 2.19. The third-order valence-electron chi connectivity index (χ3n) is 2.21. The van der Waals surface area contributed by atoms with E-state index in [-0.39, 0.29) is 11.7 Å². The lowest BCUT2D eigenvalue weighted by molar-refractivity contribution is 0.405.